The largest absolute Gasteiger partial charge is 0.365 e. The van der Waals surface area contributed by atoms with Crippen LogP contribution in [-0.4, -0.2) is 10.9 Å². The maximum atomic E-state index is 11.7. The highest BCUT2D eigenvalue weighted by Gasteiger charge is 2.12. The van der Waals surface area contributed by atoms with Gasteiger partial charge in [-0.2, -0.15) is 0 Å². The smallest absolute Gasteiger partial charge is 0.282 e. The molecule has 0 saturated carbocycles. The summed E-state index contributed by atoms with van der Waals surface area (Å²) in [6.07, 6.45) is 1.84. The number of hydrogen-bond donors (Lipinski definition) is 1. The molecule has 0 aliphatic heterocycles. The molecule has 0 aliphatic rings. The molecular formula is C14H12N2O2. The van der Waals surface area contributed by atoms with Crippen molar-refractivity contribution >= 4 is 5.91 Å². The van der Waals surface area contributed by atoms with Gasteiger partial charge in [-0.15, -0.1) is 0 Å². The zero-order valence-electron chi connectivity index (χ0n) is 9.67. The molecule has 4 nitrogen and oxygen atoms in total. The second-order valence-corrected chi connectivity index (χ2v) is 3.87. The van der Waals surface area contributed by atoms with Gasteiger partial charge >= 0.3 is 0 Å². The van der Waals surface area contributed by atoms with E-state index in [-0.39, 0.29) is 5.56 Å². The average Bonchev–Trinajstić information content (AvgIpc) is 2.52. The molecule has 1 aromatic heterocycles. The quantitative estimate of drug-likeness (QED) is 0.874. The van der Waals surface area contributed by atoms with Crippen LogP contribution < -0.4 is 11.3 Å². The van der Waals surface area contributed by atoms with E-state index in [4.69, 9.17) is 5.73 Å². The summed E-state index contributed by atoms with van der Waals surface area (Å²) in [5.41, 5.74) is 6.22. The molecule has 0 saturated heterocycles. The maximum absolute atomic E-state index is 11.7. The lowest BCUT2D eigenvalue weighted by Gasteiger charge is -2.02. The molecule has 90 valence electrons. The van der Waals surface area contributed by atoms with Crippen LogP contribution >= 0.6 is 0 Å². The summed E-state index contributed by atoms with van der Waals surface area (Å²) in [6, 6.07) is 12.9. The molecule has 2 rings (SSSR count). The second-order valence-electron chi connectivity index (χ2n) is 3.87. The molecule has 1 amide bonds. The van der Waals surface area contributed by atoms with E-state index in [0.717, 1.165) is 5.56 Å². The molecule has 0 spiro atoms. The summed E-state index contributed by atoms with van der Waals surface area (Å²) in [5.74, 6) is -0.741. The standard InChI is InChI=1S/C14H12N2O2/c15-13(17)12-11(7-4-8-16-14(12)18)9-10-5-2-1-3-6-10/h1-8H,9H2,(H2,15,17). The van der Waals surface area contributed by atoms with Gasteiger partial charge in [0.1, 0.15) is 5.56 Å². The fraction of sp³-hybridized carbons (Fsp3) is 0.0714. The first-order chi connectivity index (χ1) is 8.68. The molecule has 0 radical (unpaired) electrons. The van der Waals surface area contributed by atoms with Crippen LogP contribution in [0, 0.1) is 0 Å². The van der Waals surface area contributed by atoms with E-state index in [0.29, 0.717) is 12.0 Å². The summed E-state index contributed by atoms with van der Waals surface area (Å²) >= 11 is 0. The number of aromatic nitrogens is 1. The SMILES string of the molecule is NC(=O)c1c(Cc2ccccc2)cccnc1=O. The predicted octanol–water partition coefficient (Wildman–Crippen LogP) is 1.13. The van der Waals surface area contributed by atoms with Crippen molar-refractivity contribution in [3.63, 3.8) is 0 Å². The van der Waals surface area contributed by atoms with Crippen molar-refractivity contribution in [3.05, 3.63) is 75.7 Å². The van der Waals surface area contributed by atoms with E-state index in [1.807, 2.05) is 30.3 Å². The summed E-state index contributed by atoms with van der Waals surface area (Å²) in [5, 5.41) is 0. The summed E-state index contributed by atoms with van der Waals surface area (Å²) in [6.45, 7) is 0. The van der Waals surface area contributed by atoms with Gasteiger partial charge < -0.3 is 5.73 Å². The fourth-order valence-electron chi connectivity index (χ4n) is 1.78. The zero-order chi connectivity index (χ0) is 13.0. The summed E-state index contributed by atoms with van der Waals surface area (Å²) in [4.78, 5) is 26.6. The van der Waals surface area contributed by atoms with Gasteiger partial charge in [0.25, 0.3) is 11.5 Å². The van der Waals surface area contributed by atoms with Gasteiger partial charge in [-0.1, -0.05) is 36.4 Å². The monoisotopic (exact) mass is 240 g/mol. The number of nitrogens with two attached hydrogens (primary N) is 1. The molecule has 2 aromatic rings. The van der Waals surface area contributed by atoms with Crippen LogP contribution in [0.3, 0.4) is 0 Å². The third kappa shape index (κ3) is 2.60. The Morgan fingerprint density at radius 3 is 2.50 bits per heavy atom. The Morgan fingerprint density at radius 2 is 1.83 bits per heavy atom. The lowest BCUT2D eigenvalue weighted by Crippen LogP contribution is -2.23. The number of nitrogens with zero attached hydrogens (tertiary/aromatic N) is 1. The number of rotatable bonds is 3. The van der Waals surface area contributed by atoms with Crippen LogP contribution in [0.2, 0.25) is 0 Å². The van der Waals surface area contributed by atoms with Gasteiger partial charge in [0.05, 0.1) is 0 Å². The van der Waals surface area contributed by atoms with E-state index >= 15 is 0 Å². The molecule has 0 fully saturated rings. The first kappa shape index (κ1) is 12.0. The third-order valence-electron chi connectivity index (χ3n) is 2.59. The Labute approximate surface area is 104 Å². The van der Waals surface area contributed by atoms with E-state index in [2.05, 4.69) is 4.98 Å². The third-order valence-corrected chi connectivity index (χ3v) is 2.59. The fourth-order valence-corrected chi connectivity index (χ4v) is 1.78. The van der Waals surface area contributed by atoms with Gasteiger partial charge in [0.15, 0.2) is 0 Å². The van der Waals surface area contributed by atoms with Crippen LogP contribution in [0.1, 0.15) is 21.5 Å². The van der Waals surface area contributed by atoms with Crippen LogP contribution in [-0.2, 0) is 6.42 Å². The average molecular weight is 240 g/mol. The Morgan fingerprint density at radius 1 is 1.11 bits per heavy atom. The summed E-state index contributed by atoms with van der Waals surface area (Å²) in [7, 11) is 0. The molecule has 4 heteroatoms. The number of carbonyl (C=O) groups excluding carboxylic acids is 1. The van der Waals surface area contributed by atoms with Crippen LogP contribution in [0.15, 0.2) is 53.5 Å². The minimum Gasteiger partial charge on any atom is -0.365 e. The maximum Gasteiger partial charge on any atom is 0.282 e. The normalized spacial score (nSPS) is 10.0. The molecule has 18 heavy (non-hydrogen) atoms. The van der Waals surface area contributed by atoms with E-state index < -0.39 is 11.5 Å². The molecule has 0 aliphatic carbocycles. The van der Waals surface area contributed by atoms with Gasteiger partial charge in [0.2, 0.25) is 0 Å². The highest BCUT2D eigenvalue weighted by molar-refractivity contribution is 5.93. The first-order valence-electron chi connectivity index (χ1n) is 5.50. The van der Waals surface area contributed by atoms with Crippen LogP contribution in [0.4, 0.5) is 0 Å². The number of primary amides is 1. The zero-order valence-corrected chi connectivity index (χ0v) is 9.67. The number of benzene rings is 1. The van der Waals surface area contributed by atoms with Gasteiger partial charge in [-0.3, -0.25) is 9.59 Å². The van der Waals surface area contributed by atoms with Crippen molar-refractivity contribution in [1.29, 1.82) is 0 Å². The van der Waals surface area contributed by atoms with Crippen molar-refractivity contribution in [2.75, 3.05) is 0 Å². The Bertz CT molecular complexity index is 624. The summed E-state index contributed by atoms with van der Waals surface area (Å²) < 4.78 is 0. The lowest BCUT2D eigenvalue weighted by molar-refractivity contribution is 0.0998. The Hall–Kier alpha value is -2.49. The molecule has 1 aromatic carbocycles. The number of amides is 1. The van der Waals surface area contributed by atoms with E-state index in [1.165, 1.54) is 6.20 Å². The molecule has 0 bridgehead atoms. The van der Waals surface area contributed by atoms with Crippen LogP contribution in [0.25, 0.3) is 0 Å². The van der Waals surface area contributed by atoms with Crippen molar-refractivity contribution < 1.29 is 4.79 Å². The minimum absolute atomic E-state index is 0.0381. The molecule has 0 unspecified atom stereocenters. The van der Waals surface area contributed by atoms with Gasteiger partial charge in [-0.05, 0) is 23.6 Å². The van der Waals surface area contributed by atoms with E-state index in [9.17, 15) is 9.59 Å². The van der Waals surface area contributed by atoms with Crippen molar-refractivity contribution in [2.45, 2.75) is 6.42 Å². The van der Waals surface area contributed by atoms with Crippen LogP contribution in [0.5, 0.6) is 0 Å². The highest BCUT2D eigenvalue weighted by Crippen LogP contribution is 2.10. The van der Waals surface area contributed by atoms with Gasteiger partial charge in [0, 0.05) is 6.20 Å². The number of carbonyl (C=O) groups is 1. The van der Waals surface area contributed by atoms with Crippen molar-refractivity contribution in [2.24, 2.45) is 5.73 Å². The lowest BCUT2D eigenvalue weighted by atomic mass is 10.0. The van der Waals surface area contributed by atoms with Gasteiger partial charge in [-0.25, -0.2) is 4.98 Å². The first-order valence-corrected chi connectivity index (χ1v) is 5.50. The molecule has 0 atom stereocenters. The molecular weight excluding hydrogens is 228 g/mol. The number of hydrogen-bond acceptors (Lipinski definition) is 3. The van der Waals surface area contributed by atoms with Crippen molar-refractivity contribution in [1.82, 2.24) is 4.98 Å². The Balaban J connectivity index is 2.52. The highest BCUT2D eigenvalue weighted by atomic mass is 16.2. The predicted molar refractivity (Wildman–Crippen MR) is 68.3 cm³/mol. The Kier molecular flexibility index (Phi) is 3.48. The topological polar surface area (TPSA) is 73.1 Å². The van der Waals surface area contributed by atoms with Crippen molar-refractivity contribution in [3.8, 4) is 0 Å². The van der Waals surface area contributed by atoms with E-state index in [1.54, 1.807) is 12.1 Å². The minimum atomic E-state index is -0.741. The molecule has 1 heterocycles. The second kappa shape index (κ2) is 5.23. The molecule has 2 N–H and O–H groups in total.